The van der Waals surface area contributed by atoms with Crippen LogP contribution in [0.4, 0.5) is 9.18 Å². The fourth-order valence-electron chi connectivity index (χ4n) is 6.87. The highest BCUT2D eigenvalue weighted by atomic mass is 19.1. The lowest BCUT2D eigenvalue weighted by Gasteiger charge is -2.36. The van der Waals surface area contributed by atoms with Crippen LogP contribution in [0.1, 0.15) is 85.1 Å². The molecule has 2 N–H and O–H groups in total. The first kappa shape index (κ1) is 28.9. The highest BCUT2D eigenvalue weighted by Gasteiger charge is 2.53. The second kappa shape index (κ2) is 11.2. The number of nitrogens with zero attached hydrogens (tertiary/aromatic N) is 2. The smallest absolute Gasteiger partial charge is 0.408 e. The van der Waals surface area contributed by atoms with Gasteiger partial charge in [0.05, 0.1) is 12.1 Å². The molecular weight excluding hydrogens is 499 g/mol. The summed E-state index contributed by atoms with van der Waals surface area (Å²) in [5.74, 6) is -0.512. The number of amides is 3. The van der Waals surface area contributed by atoms with Crippen LogP contribution in [0.3, 0.4) is 0 Å². The van der Waals surface area contributed by atoms with Crippen molar-refractivity contribution in [3.05, 3.63) is 35.8 Å². The molecule has 9 heteroatoms. The summed E-state index contributed by atoms with van der Waals surface area (Å²) in [6.45, 7) is 8.01. The second-order valence-electron chi connectivity index (χ2n) is 12.1. The average Bonchev–Trinajstić information content (AvgIpc) is 3.55. The van der Waals surface area contributed by atoms with Crippen molar-refractivity contribution in [2.24, 2.45) is 5.92 Å². The van der Waals surface area contributed by atoms with E-state index in [2.05, 4.69) is 10.3 Å². The number of benzene rings is 1. The van der Waals surface area contributed by atoms with Gasteiger partial charge in [0.1, 0.15) is 17.5 Å². The molecule has 2 aliphatic heterocycles. The van der Waals surface area contributed by atoms with Crippen molar-refractivity contribution in [1.29, 1.82) is 0 Å². The Morgan fingerprint density at radius 2 is 1.82 bits per heavy atom. The van der Waals surface area contributed by atoms with Gasteiger partial charge < -0.3 is 24.8 Å². The van der Waals surface area contributed by atoms with E-state index in [1.807, 2.05) is 36.8 Å². The number of alkyl carbamates (subject to hydrolysis) is 1. The minimum Gasteiger partial charge on any atom is -0.444 e. The van der Waals surface area contributed by atoms with Gasteiger partial charge in [-0.1, -0.05) is 26.7 Å². The highest BCUT2D eigenvalue weighted by molar-refractivity contribution is 5.88. The monoisotopic (exact) mass is 542 g/mol. The molecule has 0 spiro atoms. The zero-order valence-electron chi connectivity index (χ0n) is 22.8. The number of likely N-dealkylation sites (tertiary alicyclic amines) is 2. The largest absolute Gasteiger partial charge is 0.444 e. The van der Waals surface area contributed by atoms with E-state index in [-0.39, 0.29) is 49.0 Å². The summed E-state index contributed by atoms with van der Waals surface area (Å²) in [4.78, 5) is 46.7. The van der Waals surface area contributed by atoms with E-state index in [0.29, 0.717) is 25.0 Å². The van der Waals surface area contributed by atoms with Gasteiger partial charge >= 0.3 is 6.09 Å². The standard InChI is InChI=1S/C29H39FN4O4.CH4/c1-17(35)34-16-22(21-15-31-23-14-19(30)10-11-20(21)23)26-24(34)12-13-33(26)27(36)25(18-8-6-5-7-9-18)32-28(37)38-29(2,3)4;/h10-11,14-15,18,22,24-26,31H,5-9,12-13,16H2,1-4H3,(H,32,37);1H4/t22-,24-,25?,26-;/m1./s1. The third-order valence-corrected chi connectivity index (χ3v) is 8.45. The Bertz CT molecular complexity index is 1220. The number of aromatic amines is 1. The van der Waals surface area contributed by atoms with E-state index in [1.54, 1.807) is 13.0 Å². The molecule has 1 saturated carbocycles. The first-order valence-corrected chi connectivity index (χ1v) is 13.9. The van der Waals surface area contributed by atoms with Crippen LogP contribution < -0.4 is 5.32 Å². The fourth-order valence-corrected chi connectivity index (χ4v) is 6.87. The van der Waals surface area contributed by atoms with Crippen LogP contribution in [0, 0.1) is 11.7 Å². The summed E-state index contributed by atoms with van der Waals surface area (Å²) in [6.07, 6.45) is 6.95. The number of nitrogens with one attached hydrogen (secondary N) is 2. The lowest BCUT2D eigenvalue weighted by molar-refractivity contribution is -0.137. The molecule has 2 saturated heterocycles. The van der Waals surface area contributed by atoms with Crippen molar-refractivity contribution in [3.8, 4) is 0 Å². The fraction of sp³-hybridized carbons (Fsp3) is 0.633. The van der Waals surface area contributed by atoms with Gasteiger partial charge in [0.2, 0.25) is 11.8 Å². The van der Waals surface area contributed by atoms with Crippen molar-refractivity contribution < 1.29 is 23.5 Å². The van der Waals surface area contributed by atoms with Crippen LogP contribution in [0.5, 0.6) is 0 Å². The predicted molar refractivity (Wildman–Crippen MR) is 149 cm³/mol. The van der Waals surface area contributed by atoms with Gasteiger partial charge in [-0.2, -0.15) is 0 Å². The normalized spacial score (nSPS) is 24.3. The molecule has 0 bridgehead atoms. The van der Waals surface area contributed by atoms with Crippen LogP contribution >= 0.6 is 0 Å². The second-order valence-corrected chi connectivity index (χ2v) is 12.1. The first-order chi connectivity index (χ1) is 18.0. The molecule has 1 aromatic carbocycles. The Morgan fingerprint density at radius 1 is 1.10 bits per heavy atom. The molecule has 3 amide bonds. The van der Waals surface area contributed by atoms with Gasteiger partial charge in [0, 0.05) is 43.0 Å². The number of carbonyl (C=O) groups is 3. The summed E-state index contributed by atoms with van der Waals surface area (Å²) in [5, 5.41) is 3.84. The number of hydrogen-bond acceptors (Lipinski definition) is 4. The number of carbonyl (C=O) groups excluding carboxylic acids is 3. The van der Waals surface area contributed by atoms with Crippen LogP contribution in [0.25, 0.3) is 10.9 Å². The number of ether oxygens (including phenoxy) is 1. The maximum absolute atomic E-state index is 14.3. The number of halogens is 1. The summed E-state index contributed by atoms with van der Waals surface area (Å²) < 4.78 is 19.4. The maximum Gasteiger partial charge on any atom is 0.408 e. The molecule has 1 aromatic heterocycles. The highest BCUT2D eigenvalue weighted by Crippen LogP contribution is 2.44. The van der Waals surface area contributed by atoms with E-state index < -0.39 is 17.7 Å². The Kier molecular flexibility index (Phi) is 8.28. The van der Waals surface area contributed by atoms with E-state index >= 15 is 0 Å². The zero-order chi connectivity index (χ0) is 27.2. The van der Waals surface area contributed by atoms with Crippen molar-refractivity contribution in [2.75, 3.05) is 13.1 Å². The SMILES string of the molecule is C.CC(=O)N1C[C@H](c2c[nH]c3cc(F)ccc23)[C@@H]2[C@H]1CCN2C(=O)C(NC(=O)OC(C)(C)C)C1CCCCC1. The molecule has 1 aliphatic carbocycles. The number of rotatable bonds is 4. The van der Waals surface area contributed by atoms with Crippen molar-refractivity contribution in [2.45, 2.75) is 103 Å². The molecule has 214 valence electrons. The lowest BCUT2D eigenvalue weighted by Crippen LogP contribution is -2.55. The Labute approximate surface area is 230 Å². The van der Waals surface area contributed by atoms with Crippen LogP contribution in [0.2, 0.25) is 0 Å². The topological polar surface area (TPSA) is 94.7 Å². The van der Waals surface area contributed by atoms with Crippen molar-refractivity contribution >= 4 is 28.8 Å². The number of H-pyrrole nitrogens is 1. The molecule has 5 rings (SSSR count). The first-order valence-electron chi connectivity index (χ1n) is 13.9. The molecule has 0 radical (unpaired) electrons. The van der Waals surface area contributed by atoms with Gasteiger partial charge in [0.15, 0.2) is 0 Å². The minimum atomic E-state index is -0.673. The lowest BCUT2D eigenvalue weighted by atomic mass is 9.83. The molecule has 2 aromatic rings. The average molecular weight is 543 g/mol. The molecule has 3 heterocycles. The molecule has 1 unspecified atom stereocenters. The van der Waals surface area contributed by atoms with Gasteiger partial charge in [0.25, 0.3) is 0 Å². The van der Waals surface area contributed by atoms with Gasteiger partial charge in [-0.05, 0) is 69.7 Å². The van der Waals surface area contributed by atoms with E-state index in [0.717, 1.165) is 43.1 Å². The molecule has 8 nitrogen and oxygen atoms in total. The van der Waals surface area contributed by atoms with Crippen LogP contribution in [-0.4, -0.2) is 69.5 Å². The summed E-state index contributed by atoms with van der Waals surface area (Å²) in [7, 11) is 0. The predicted octanol–water partition coefficient (Wildman–Crippen LogP) is 5.33. The molecule has 4 atom stereocenters. The van der Waals surface area contributed by atoms with Crippen molar-refractivity contribution in [1.82, 2.24) is 20.1 Å². The number of hydrogen-bond donors (Lipinski definition) is 2. The summed E-state index contributed by atoms with van der Waals surface area (Å²) in [5.41, 5.74) is 1.00. The van der Waals surface area contributed by atoms with E-state index in [1.165, 1.54) is 12.1 Å². The number of fused-ring (bicyclic) bond motifs is 2. The summed E-state index contributed by atoms with van der Waals surface area (Å²) >= 11 is 0. The third kappa shape index (κ3) is 5.77. The Balaban J connectivity index is 0.00000353. The van der Waals surface area contributed by atoms with Gasteiger partial charge in [-0.15, -0.1) is 0 Å². The van der Waals surface area contributed by atoms with Crippen LogP contribution in [-0.2, 0) is 14.3 Å². The number of aromatic nitrogens is 1. The minimum absolute atomic E-state index is 0. The quantitative estimate of drug-likeness (QED) is 0.546. The Morgan fingerprint density at radius 3 is 2.49 bits per heavy atom. The van der Waals surface area contributed by atoms with Gasteiger partial charge in [-0.3, -0.25) is 9.59 Å². The van der Waals surface area contributed by atoms with E-state index in [4.69, 9.17) is 4.74 Å². The van der Waals surface area contributed by atoms with Gasteiger partial charge in [-0.25, -0.2) is 9.18 Å². The zero-order valence-corrected chi connectivity index (χ0v) is 22.8. The third-order valence-electron chi connectivity index (χ3n) is 8.45. The molecule has 3 fully saturated rings. The van der Waals surface area contributed by atoms with Crippen molar-refractivity contribution in [3.63, 3.8) is 0 Å². The van der Waals surface area contributed by atoms with Crippen LogP contribution in [0.15, 0.2) is 24.4 Å². The maximum atomic E-state index is 14.3. The van der Waals surface area contributed by atoms with E-state index in [9.17, 15) is 18.8 Å². The summed E-state index contributed by atoms with van der Waals surface area (Å²) in [6, 6.07) is 3.68. The Hall–Kier alpha value is -3.10. The molecular formula is C30H43FN4O4. The molecule has 3 aliphatic rings. The molecule has 39 heavy (non-hydrogen) atoms.